The highest BCUT2D eigenvalue weighted by molar-refractivity contribution is 6.05. The van der Waals surface area contributed by atoms with Gasteiger partial charge in [0.2, 0.25) is 0 Å². The van der Waals surface area contributed by atoms with Gasteiger partial charge in [0, 0.05) is 18.3 Å². The van der Waals surface area contributed by atoms with E-state index in [9.17, 15) is 49.2 Å². The lowest BCUT2D eigenvalue weighted by Gasteiger charge is -2.27. The predicted molar refractivity (Wildman–Crippen MR) is 235 cm³/mol. The lowest BCUT2D eigenvalue weighted by Crippen LogP contribution is -2.28. The topological polar surface area (TPSA) is 220 Å². The zero-order valence-corrected chi connectivity index (χ0v) is 35.2. The van der Waals surface area contributed by atoms with Gasteiger partial charge in [-0.05, 0) is 82.9 Å². The summed E-state index contributed by atoms with van der Waals surface area (Å²) in [7, 11) is 0. The molecular weight excluding hydrogens is 837 g/mol. The Morgan fingerprint density at radius 1 is 0.446 bits per heavy atom. The molecule has 6 aromatic rings. The molecule has 0 aromatic heterocycles. The summed E-state index contributed by atoms with van der Waals surface area (Å²) in [6.07, 6.45) is -1.33. The van der Waals surface area contributed by atoms with Gasteiger partial charge in [0.25, 0.3) is 0 Å². The molecule has 332 valence electrons. The summed E-state index contributed by atoms with van der Waals surface area (Å²) < 4.78 is 23.5. The Bertz CT molecular complexity index is 2490. The molecule has 6 rings (SSSR count). The molecule has 65 heavy (non-hydrogen) atoms. The monoisotopic (exact) mass is 880 g/mol. The van der Waals surface area contributed by atoms with Crippen molar-refractivity contribution in [1.82, 2.24) is 0 Å². The minimum atomic E-state index is -1.48. The van der Waals surface area contributed by atoms with E-state index in [1.165, 1.54) is 0 Å². The van der Waals surface area contributed by atoms with Crippen molar-refractivity contribution in [3.05, 3.63) is 201 Å². The van der Waals surface area contributed by atoms with E-state index in [1.54, 1.807) is 48.5 Å². The van der Waals surface area contributed by atoms with Crippen LogP contribution in [-0.4, -0.2) is 81.7 Å². The van der Waals surface area contributed by atoms with Crippen molar-refractivity contribution in [1.29, 1.82) is 0 Å². The summed E-state index contributed by atoms with van der Waals surface area (Å²) in [5.41, 5.74) is 0.805. The Hall–Kier alpha value is -8.26. The predicted octanol–water partition coefficient (Wildman–Crippen LogP) is 8.50. The Balaban J connectivity index is 1.17. The van der Waals surface area contributed by atoms with Crippen molar-refractivity contribution in [3.63, 3.8) is 0 Å². The number of esters is 2. The minimum Gasteiger partial charge on any atom is -0.490 e. The quantitative estimate of drug-likeness (QED) is 0.0529. The molecule has 2 atom stereocenters. The lowest BCUT2D eigenvalue weighted by atomic mass is 9.77. The molecule has 2 unspecified atom stereocenters. The van der Waals surface area contributed by atoms with Gasteiger partial charge in [-0.1, -0.05) is 98.8 Å². The van der Waals surface area contributed by atoms with Gasteiger partial charge in [-0.15, -0.1) is 0 Å². The van der Waals surface area contributed by atoms with E-state index in [0.29, 0.717) is 11.5 Å². The SMILES string of the molecule is CC(C)(c1ccc(CC(COc2ccccc2)OC(=O)c2ccc(C(=O)O)cc2C(=O)O)cc1)c1ccc(CC(COc2ccccc2)OC(=O)c2ccc(C(=O)O)cc2C(=O)O)cc1. The first-order valence-electron chi connectivity index (χ1n) is 20.3. The van der Waals surface area contributed by atoms with E-state index < -0.39 is 64.6 Å². The van der Waals surface area contributed by atoms with Crippen LogP contribution in [0.25, 0.3) is 0 Å². The molecule has 0 heterocycles. The first kappa shape index (κ1) is 46.2. The van der Waals surface area contributed by atoms with Gasteiger partial charge in [-0.3, -0.25) is 0 Å². The number of hydrogen-bond donors (Lipinski definition) is 4. The first-order valence-corrected chi connectivity index (χ1v) is 20.3. The second kappa shape index (κ2) is 20.7. The van der Waals surface area contributed by atoms with Crippen LogP contribution in [0.5, 0.6) is 11.5 Å². The third-order valence-electron chi connectivity index (χ3n) is 10.6. The average Bonchev–Trinajstić information content (AvgIpc) is 3.30. The maximum Gasteiger partial charge on any atom is 0.339 e. The number of benzene rings is 6. The molecule has 6 aromatic carbocycles. The second-order valence-electron chi connectivity index (χ2n) is 15.5. The summed E-state index contributed by atoms with van der Waals surface area (Å²) in [5.74, 6) is -6.48. The molecule has 0 aliphatic rings. The number of aromatic carboxylic acids is 4. The van der Waals surface area contributed by atoms with Crippen molar-refractivity contribution < 1.29 is 68.1 Å². The zero-order chi connectivity index (χ0) is 46.7. The number of carboxylic acid groups (broad SMARTS) is 4. The fourth-order valence-electron chi connectivity index (χ4n) is 6.98. The third-order valence-corrected chi connectivity index (χ3v) is 10.6. The summed E-state index contributed by atoms with van der Waals surface area (Å²) >= 11 is 0. The van der Waals surface area contributed by atoms with Crippen LogP contribution in [0.3, 0.4) is 0 Å². The molecule has 0 radical (unpaired) electrons. The van der Waals surface area contributed by atoms with Crippen molar-refractivity contribution in [2.45, 2.75) is 44.3 Å². The van der Waals surface area contributed by atoms with E-state index in [0.717, 1.165) is 58.7 Å². The van der Waals surface area contributed by atoms with Gasteiger partial charge in [0.1, 0.15) is 36.9 Å². The van der Waals surface area contributed by atoms with Gasteiger partial charge in [-0.25, -0.2) is 28.8 Å². The molecular formula is C51H44O14. The summed E-state index contributed by atoms with van der Waals surface area (Å²) in [4.78, 5) is 73.7. The van der Waals surface area contributed by atoms with Crippen LogP contribution in [0.4, 0.5) is 0 Å². The number of para-hydroxylation sites is 2. The lowest BCUT2D eigenvalue weighted by molar-refractivity contribution is 0.0167. The molecule has 0 spiro atoms. The van der Waals surface area contributed by atoms with Crippen LogP contribution in [0, 0.1) is 0 Å². The number of carboxylic acids is 4. The fourth-order valence-corrected chi connectivity index (χ4v) is 6.98. The summed E-state index contributed by atoms with van der Waals surface area (Å²) in [6, 6.07) is 39.5. The maximum absolute atomic E-state index is 13.4. The smallest absolute Gasteiger partial charge is 0.339 e. The van der Waals surface area contributed by atoms with Crippen molar-refractivity contribution >= 4 is 35.8 Å². The molecule has 14 nitrogen and oxygen atoms in total. The second-order valence-corrected chi connectivity index (χ2v) is 15.5. The van der Waals surface area contributed by atoms with Gasteiger partial charge in [0.05, 0.1) is 33.4 Å². The van der Waals surface area contributed by atoms with Crippen LogP contribution in [-0.2, 0) is 27.7 Å². The minimum absolute atomic E-state index is 0.0628. The highest BCUT2D eigenvalue weighted by Crippen LogP contribution is 2.32. The van der Waals surface area contributed by atoms with E-state index in [1.807, 2.05) is 60.7 Å². The molecule has 4 N–H and O–H groups in total. The van der Waals surface area contributed by atoms with Crippen LogP contribution in [0.1, 0.15) is 98.2 Å². The normalized spacial score (nSPS) is 12.0. The molecule has 0 bridgehead atoms. The van der Waals surface area contributed by atoms with Crippen molar-refractivity contribution in [2.75, 3.05) is 13.2 Å². The largest absolute Gasteiger partial charge is 0.490 e. The average molecular weight is 881 g/mol. The first-order chi connectivity index (χ1) is 31.1. The van der Waals surface area contributed by atoms with Crippen LogP contribution < -0.4 is 9.47 Å². The zero-order valence-electron chi connectivity index (χ0n) is 35.2. The molecule has 0 saturated heterocycles. The molecule has 0 fully saturated rings. The van der Waals surface area contributed by atoms with Crippen LogP contribution in [0.2, 0.25) is 0 Å². The van der Waals surface area contributed by atoms with Crippen molar-refractivity contribution in [3.8, 4) is 11.5 Å². The summed E-state index contributed by atoms with van der Waals surface area (Å²) in [6.45, 7) is 3.98. The molecule has 14 heteroatoms. The van der Waals surface area contributed by atoms with Gasteiger partial charge >= 0.3 is 35.8 Å². The van der Waals surface area contributed by atoms with Gasteiger partial charge < -0.3 is 39.4 Å². The molecule has 0 saturated carbocycles. The van der Waals surface area contributed by atoms with Crippen LogP contribution in [0.15, 0.2) is 146 Å². The number of carbonyl (C=O) groups excluding carboxylic acids is 2. The highest BCUT2D eigenvalue weighted by Gasteiger charge is 2.28. The maximum atomic E-state index is 13.4. The standard InChI is InChI=1S/C51H44O14/c1-51(2,35-19-13-31(14-20-35)25-39(29-62-37-9-5-3-6-10-37)64-49(60)41-23-17-33(45(52)53)27-43(41)47(56)57)36-21-15-32(16-22-36)26-40(30-63-38-11-7-4-8-12-38)65-50(61)42-24-18-34(46(54)55)28-44(42)48(58)59/h3-24,27-28,39-40H,25-26,29-30H2,1-2H3,(H,52,53)(H,54,55)(H,56,57)(H,58,59). The van der Waals surface area contributed by atoms with E-state index in [-0.39, 0.29) is 48.3 Å². The summed E-state index contributed by atoms with van der Waals surface area (Å²) in [5, 5.41) is 38.2. The Morgan fingerprint density at radius 3 is 1.12 bits per heavy atom. The Morgan fingerprint density at radius 2 is 0.800 bits per heavy atom. The number of carbonyl (C=O) groups is 6. The molecule has 0 aliphatic heterocycles. The van der Waals surface area contributed by atoms with Crippen molar-refractivity contribution in [2.24, 2.45) is 0 Å². The fraction of sp³-hybridized carbons (Fsp3) is 0.176. The van der Waals surface area contributed by atoms with E-state index >= 15 is 0 Å². The van der Waals surface area contributed by atoms with E-state index in [4.69, 9.17) is 18.9 Å². The van der Waals surface area contributed by atoms with Gasteiger partial charge in [0.15, 0.2) is 0 Å². The van der Waals surface area contributed by atoms with Crippen LogP contribution >= 0.6 is 0 Å². The Kier molecular flexibility index (Phi) is 14.8. The number of hydrogen-bond acceptors (Lipinski definition) is 10. The number of rotatable bonds is 20. The third kappa shape index (κ3) is 12.0. The van der Waals surface area contributed by atoms with E-state index in [2.05, 4.69) is 13.8 Å². The number of ether oxygens (including phenoxy) is 4. The Labute approximate surface area is 373 Å². The highest BCUT2D eigenvalue weighted by atomic mass is 16.6. The molecule has 0 aliphatic carbocycles. The molecule has 0 amide bonds. The van der Waals surface area contributed by atoms with Gasteiger partial charge in [-0.2, -0.15) is 0 Å².